The van der Waals surface area contributed by atoms with Crippen LogP contribution in [0.15, 0.2) is 24.3 Å². The molecule has 0 bridgehead atoms. The number of amides is 2. The van der Waals surface area contributed by atoms with Gasteiger partial charge in [0.05, 0.1) is 22.9 Å². The topological polar surface area (TPSA) is 78.5 Å². The van der Waals surface area contributed by atoms with E-state index in [1.807, 2.05) is 37.2 Å². The lowest BCUT2D eigenvalue weighted by molar-refractivity contribution is 0.249. The maximum Gasteiger partial charge on any atom is 0.319 e. The van der Waals surface area contributed by atoms with E-state index in [0.29, 0.717) is 12.1 Å². The van der Waals surface area contributed by atoms with E-state index < -0.39 is 9.84 Å². The van der Waals surface area contributed by atoms with E-state index in [9.17, 15) is 13.2 Å². The summed E-state index contributed by atoms with van der Waals surface area (Å²) in [5.41, 5.74) is 1.58. The zero-order valence-electron chi connectivity index (χ0n) is 11.6. The smallest absolute Gasteiger partial charge is 0.319 e. The van der Waals surface area contributed by atoms with E-state index in [-0.39, 0.29) is 23.6 Å². The average molecular weight is 297 g/mol. The summed E-state index contributed by atoms with van der Waals surface area (Å²) in [7, 11) is 0.795. The summed E-state index contributed by atoms with van der Waals surface area (Å²) in [4.78, 5) is 13.8. The van der Waals surface area contributed by atoms with Crippen molar-refractivity contribution in [3.8, 4) is 0 Å². The lowest BCUT2D eigenvalue weighted by Crippen LogP contribution is -2.38. The van der Waals surface area contributed by atoms with Gasteiger partial charge >= 0.3 is 6.03 Å². The summed E-state index contributed by atoms with van der Waals surface area (Å²) in [5, 5.41) is 5.46. The molecule has 2 amide bonds. The maximum atomic E-state index is 11.9. The van der Waals surface area contributed by atoms with Crippen LogP contribution in [0.3, 0.4) is 0 Å². The number of anilines is 2. The number of carbonyl (C=O) groups is 1. The minimum Gasteiger partial charge on any atom is -0.376 e. The highest BCUT2D eigenvalue weighted by atomic mass is 32.2. The van der Waals surface area contributed by atoms with Gasteiger partial charge < -0.3 is 15.5 Å². The molecule has 1 heterocycles. The van der Waals surface area contributed by atoms with Crippen molar-refractivity contribution < 1.29 is 13.2 Å². The number of hydrogen-bond acceptors (Lipinski definition) is 4. The fourth-order valence-corrected chi connectivity index (χ4v) is 3.90. The van der Waals surface area contributed by atoms with Crippen molar-refractivity contribution in [3.05, 3.63) is 24.3 Å². The number of urea groups is 1. The van der Waals surface area contributed by atoms with Crippen LogP contribution in [0.1, 0.15) is 6.42 Å². The fraction of sp³-hybridized carbons (Fsp3) is 0.462. The number of sulfone groups is 1. The normalized spacial score (nSPS) is 20.4. The first kappa shape index (κ1) is 14.6. The van der Waals surface area contributed by atoms with Crippen LogP contribution in [-0.4, -0.2) is 46.1 Å². The number of para-hydroxylation sites is 2. The van der Waals surface area contributed by atoms with Crippen molar-refractivity contribution in [2.24, 2.45) is 0 Å². The molecule has 0 radical (unpaired) electrons. The molecule has 7 heteroatoms. The second-order valence-corrected chi connectivity index (χ2v) is 7.34. The summed E-state index contributed by atoms with van der Waals surface area (Å²) >= 11 is 0. The Morgan fingerprint density at radius 1 is 1.30 bits per heavy atom. The zero-order chi connectivity index (χ0) is 14.8. The second-order valence-electron chi connectivity index (χ2n) is 5.11. The van der Waals surface area contributed by atoms with Gasteiger partial charge in [0.25, 0.3) is 0 Å². The Morgan fingerprint density at radius 3 is 2.60 bits per heavy atom. The molecule has 0 spiro atoms. The highest BCUT2D eigenvalue weighted by Crippen LogP contribution is 2.23. The molecule has 1 fully saturated rings. The first-order valence-corrected chi connectivity index (χ1v) is 8.24. The van der Waals surface area contributed by atoms with Gasteiger partial charge in [-0.2, -0.15) is 0 Å². The van der Waals surface area contributed by atoms with E-state index in [1.54, 1.807) is 6.07 Å². The van der Waals surface area contributed by atoms with E-state index in [2.05, 4.69) is 10.6 Å². The molecule has 20 heavy (non-hydrogen) atoms. The van der Waals surface area contributed by atoms with Gasteiger partial charge in [0, 0.05) is 20.1 Å². The van der Waals surface area contributed by atoms with Crippen molar-refractivity contribution in [3.63, 3.8) is 0 Å². The predicted molar refractivity (Wildman–Crippen MR) is 80.0 cm³/mol. The third kappa shape index (κ3) is 3.63. The monoisotopic (exact) mass is 297 g/mol. The van der Waals surface area contributed by atoms with Crippen LogP contribution in [0, 0.1) is 0 Å². The summed E-state index contributed by atoms with van der Waals surface area (Å²) in [6.07, 6.45) is 0.477. The quantitative estimate of drug-likeness (QED) is 0.874. The molecule has 1 aromatic carbocycles. The average Bonchev–Trinajstić information content (AvgIpc) is 2.68. The van der Waals surface area contributed by atoms with Gasteiger partial charge in [-0.15, -0.1) is 0 Å². The Hall–Kier alpha value is -1.76. The summed E-state index contributed by atoms with van der Waals surface area (Å²) in [5.74, 6) is 0.169. The van der Waals surface area contributed by atoms with Gasteiger partial charge in [0.2, 0.25) is 0 Å². The molecule has 0 unspecified atom stereocenters. The minimum absolute atomic E-state index is 0.0236. The van der Waals surface area contributed by atoms with Crippen LogP contribution in [0.5, 0.6) is 0 Å². The Kier molecular flexibility index (Phi) is 4.17. The zero-order valence-corrected chi connectivity index (χ0v) is 12.4. The maximum absolute atomic E-state index is 11.9. The largest absolute Gasteiger partial charge is 0.376 e. The van der Waals surface area contributed by atoms with Crippen LogP contribution in [0.2, 0.25) is 0 Å². The number of hydrogen-bond donors (Lipinski definition) is 2. The van der Waals surface area contributed by atoms with E-state index in [4.69, 9.17) is 0 Å². The van der Waals surface area contributed by atoms with E-state index in [1.165, 1.54) is 0 Å². The van der Waals surface area contributed by atoms with Crippen molar-refractivity contribution in [1.29, 1.82) is 0 Å². The van der Waals surface area contributed by atoms with Crippen LogP contribution >= 0.6 is 0 Å². The molecule has 0 aliphatic carbocycles. The Bertz CT molecular complexity index is 599. The third-order valence-electron chi connectivity index (χ3n) is 3.20. The summed E-state index contributed by atoms with van der Waals surface area (Å²) in [6.45, 7) is 0. The van der Waals surface area contributed by atoms with Crippen molar-refractivity contribution >= 4 is 27.2 Å². The SMILES string of the molecule is CN(C)c1ccccc1NC(=O)N[C@@H]1CCS(=O)(=O)C1. The molecule has 2 rings (SSSR count). The first-order chi connectivity index (χ1) is 9.37. The van der Waals surface area contributed by atoms with Crippen LogP contribution < -0.4 is 15.5 Å². The summed E-state index contributed by atoms with van der Waals surface area (Å²) < 4.78 is 22.7. The van der Waals surface area contributed by atoms with Crippen molar-refractivity contribution in [1.82, 2.24) is 5.32 Å². The molecule has 2 N–H and O–H groups in total. The number of nitrogens with one attached hydrogen (secondary N) is 2. The molecule has 110 valence electrons. The number of rotatable bonds is 3. The Labute approximate surface area is 119 Å². The summed E-state index contributed by atoms with van der Waals surface area (Å²) in [6, 6.07) is 6.76. The third-order valence-corrected chi connectivity index (χ3v) is 4.97. The van der Waals surface area contributed by atoms with Crippen LogP contribution in [-0.2, 0) is 9.84 Å². The molecule has 6 nitrogen and oxygen atoms in total. The van der Waals surface area contributed by atoms with Crippen molar-refractivity contribution in [2.45, 2.75) is 12.5 Å². The number of nitrogens with zero attached hydrogens (tertiary/aromatic N) is 1. The lowest BCUT2D eigenvalue weighted by Gasteiger charge is -2.19. The van der Waals surface area contributed by atoms with Crippen LogP contribution in [0.25, 0.3) is 0 Å². The molecule has 1 atom stereocenters. The van der Waals surface area contributed by atoms with E-state index in [0.717, 1.165) is 5.69 Å². The highest BCUT2D eigenvalue weighted by molar-refractivity contribution is 7.91. The molecule has 0 saturated carbocycles. The molecular formula is C13H19N3O3S. The molecule has 1 saturated heterocycles. The molecule has 0 aromatic heterocycles. The van der Waals surface area contributed by atoms with Gasteiger partial charge in [0.15, 0.2) is 9.84 Å². The molecular weight excluding hydrogens is 278 g/mol. The Balaban J connectivity index is 1.99. The van der Waals surface area contributed by atoms with E-state index >= 15 is 0 Å². The minimum atomic E-state index is -2.99. The predicted octanol–water partition coefficient (Wildman–Crippen LogP) is 1.06. The van der Waals surface area contributed by atoms with Gasteiger partial charge in [-0.3, -0.25) is 0 Å². The van der Waals surface area contributed by atoms with Crippen LogP contribution in [0.4, 0.5) is 16.2 Å². The number of benzene rings is 1. The Morgan fingerprint density at radius 2 is 2.00 bits per heavy atom. The second kappa shape index (κ2) is 5.70. The molecule has 1 aliphatic heterocycles. The standard InChI is InChI=1S/C13H19N3O3S/c1-16(2)12-6-4-3-5-11(12)15-13(17)14-10-7-8-20(18,19)9-10/h3-6,10H,7-9H2,1-2H3,(H2,14,15,17)/t10-/m1/s1. The van der Waals surface area contributed by atoms with Gasteiger partial charge in [0.1, 0.15) is 0 Å². The van der Waals surface area contributed by atoms with Crippen molar-refractivity contribution in [2.75, 3.05) is 35.8 Å². The van der Waals surface area contributed by atoms with Gasteiger partial charge in [-0.05, 0) is 18.6 Å². The number of carbonyl (C=O) groups excluding carboxylic acids is 1. The van der Waals surface area contributed by atoms with Gasteiger partial charge in [-0.25, -0.2) is 13.2 Å². The molecule has 1 aliphatic rings. The highest BCUT2D eigenvalue weighted by Gasteiger charge is 2.28. The lowest BCUT2D eigenvalue weighted by atomic mass is 10.2. The first-order valence-electron chi connectivity index (χ1n) is 6.42. The fourth-order valence-electron chi connectivity index (χ4n) is 2.22. The van der Waals surface area contributed by atoms with Gasteiger partial charge in [-0.1, -0.05) is 12.1 Å². The molecule has 1 aromatic rings.